The molecule has 6 heteroatoms. The van der Waals surface area contributed by atoms with Gasteiger partial charge in [-0.2, -0.15) is 0 Å². The van der Waals surface area contributed by atoms with Gasteiger partial charge in [-0.15, -0.1) is 0 Å². The van der Waals surface area contributed by atoms with Crippen molar-refractivity contribution in [3.8, 4) is 11.5 Å². The third-order valence-corrected chi connectivity index (χ3v) is 4.01. The van der Waals surface area contributed by atoms with E-state index in [-0.39, 0.29) is 12.2 Å². The first-order chi connectivity index (χ1) is 14.0. The van der Waals surface area contributed by atoms with Crippen molar-refractivity contribution in [3.63, 3.8) is 0 Å². The number of Topliss-reactive ketones (excluding diaryl/α,β-unsaturated/α-hetero) is 1. The molecule has 0 aliphatic heterocycles. The molecule has 0 aliphatic rings. The molecular formula is C23H20N2O4. The zero-order valence-electron chi connectivity index (χ0n) is 15.8. The zero-order chi connectivity index (χ0) is 20.6. The summed E-state index contributed by atoms with van der Waals surface area (Å²) in [7, 11) is 0. The normalized spacial score (nSPS) is 10.1. The fourth-order valence-electron chi connectivity index (χ4n) is 2.64. The summed E-state index contributed by atoms with van der Waals surface area (Å²) < 4.78 is 5.80. The van der Waals surface area contributed by atoms with Crippen LogP contribution in [0.25, 0.3) is 0 Å². The van der Waals surface area contributed by atoms with Crippen molar-refractivity contribution in [1.82, 2.24) is 0 Å². The Hall–Kier alpha value is -3.93. The second-order valence-corrected chi connectivity index (χ2v) is 6.32. The molecule has 0 unspecified atom stereocenters. The van der Waals surface area contributed by atoms with Gasteiger partial charge in [0.15, 0.2) is 11.5 Å². The van der Waals surface area contributed by atoms with Gasteiger partial charge in [0.2, 0.25) is 11.8 Å². The lowest BCUT2D eigenvalue weighted by Gasteiger charge is -2.12. The number of amides is 2. The van der Waals surface area contributed by atoms with Crippen LogP contribution >= 0.6 is 0 Å². The van der Waals surface area contributed by atoms with Gasteiger partial charge in [-0.3, -0.25) is 14.4 Å². The van der Waals surface area contributed by atoms with E-state index in [1.54, 1.807) is 60.7 Å². The molecule has 0 radical (unpaired) electrons. The van der Waals surface area contributed by atoms with Gasteiger partial charge in [0.05, 0.1) is 5.69 Å². The van der Waals surface area contributed by atoms with Gasteiger partial charge in [0, 0.05) is 11.3 Å². The Morgan fingerprint density at radius 2 is 1.48 bits per heavy atom. The molecule has 0 saturated heterocycles. The SMILES string of the molecule is CC(=O)c1cccc(NC(=O)CC(=O)Nc2ccccc2Oc2ccccc2)c1. The fraction of sp³-hybridized carbons (Fsp3) is 0.0870. The Morgan fingerprint density at radius 3 is 2.24 bits per heavy atom. The lowest BCUT2D eigenvalue weighted by Crippen LogP contribution is -2.21. The minimum atomic E-state index is -0.482. The van der Waals surface area contributed by atoms with E-state index in [1.807, 2.05) is 18.2 Å². The number of rotatable bonds is 7. The van der Waals surface area contributed by atoms with Gasteiger partial charge >= 0.3 is 0 Å². The first-order valence-electron chi connectivity index (χ1n) is 9.04. The Kier molecular flexibility index (Phi) is 6.37. The average Bonchev–Trinajstić information content (AvgIpc) is 2.70. The summed E-state index contributed by atoms with van der Waals surface area (Å²) in [4.78, 5) is 35.9. The van der Waals surface area contributed by atoms with Crippen LogP contribution in [0.5, 0.6) is 11.5 Å². The number of anilines is 2. The number of carbonyl (C=O) groups excluding carboxylic acids is 3. The van der Waals surface area contributed by atoms with Crippen molar-refractivity contribution >= 4 is 29.0 Å². The molecule has 0 saturated carbocycles. The highest BCUT2D eigenvalue weighted by Crippen LogP contribution is 2.29. The number of benzene rings is 3. The van der Waals surface area contributed by atoms with Gasteiger partial charge in [-0.25, -0.2) is 0 Å². The van der Waals surface area contributed by atoms with Crippen LogP contribution in [0.2, 0.25) is 0 Å². The van der Waals surface area contributed by atoms with Crippen LogP contribution in [0.15, 0.2) is 78.9 Å². The van der Waals surface area contributed by atoms with Crippen molar-refractivity contribution < 1.29 is 19.1 Å². The Labute approximate surface area is 168 Å². The van der Waals surface area contributed by atoms with E-state index in [9.17, 15) is 14.4 Å². The number of nitrogens with one attached hydrogen (secondary N) is 2. The summed E-state index contributed by atoms with van der Waals surface area (Å²) in [6, 6.07) is 22.7. The van der Waals surface area contributed by atoms with Gasteiger partial charge in [0.1, 0.15) is 12.2 Å². The minimum absolute atomic E-state index is 0.103. The van der Waals surface area contributed by atoms with Crippen molar-refractivity contribution in [2.75, 3.05) is 10.6 Å². The first-order valence-corrected chi connectivity index (χ1v) is 9.04. The molecule has 0 atom stereocenters. The smallest absolute Gasteiger partial charge is 0.233 e. The molecule has 0 bridgehead atoms. The van der Waals surface area contributed by atoms with Crippen LogP contribution in [-0.2, 0) is 9.59 Å². The number of ketones is 1. The largest absolute Gasteiger partial charge is 0.455 e. The van der Waals surface area contributed by atoms with E-state index >= 15 is 0 Å². The highest BCUT2D eigenvalue weighted by Gasteiger charge is 2.13. The van der Waals surface area contributed by atoms with E-state index in [2.05, 4.69) is 10.6 Å². The van der Waals surface area contributed by atoms with Crippen LogP contribution in [-0.4, -0.2) is 17.6 Å². The zero-order valence-corrected chi connectivity index (χ0v) is 15.8. The maximum atomic E-state index is 12.3. The fourth-order valence-corrected chi connectivity index (χ4v) is 2.64. The topological polar surface area (TPSA) is 84.5 Å². The first kappa shape index (κ1) is 19.8. The van der Waals surface area contributed by atoms with Crippen LogP contribution in [0.3, 0.4) is 0 Å². The third-order valence-electron chi connectivity index (χ3n) is 4.01. The van der Waals surface area contributed by atoms with Crippen molar-refractivity contribution in [3.05, 3.63) is 84.4 Å². The van der Waals surface area contributed by atoms with Gasteiger partial charge in [-0.1, -0.05) is 42.5 Å². The maximum Gasteiger partial charge on any atom is 0.233 e. The summed E-state index contributed by atoms with van der Waals surface area (Å²) in [6.45, 7) is 1.45. The summed E-state index contributed by atoms with van der Waals surface area (Å²) >= 11 is 0. The highest BCUT2D eigenvalue weighted by atomic mass is 16.5. The van der Waals surface area contributed by atoms with Crippen LogP contribution in [0, 0.1) is 0 Å². The number of carbonyl (C=O) groups is 3. The summed E-state index contributed by atoms with van der Waals surface area (Å²) in [5.74, 6) is 0.0479. The van der Waals surface area contributed by atoms with Gasteiger partial charge in [-0.05, 0) is 43.3 Å². The number of para-hydroxylation sites is 3. The maximum absolute atomic E-state index is 12.3. The van der Waals surface area contributed by atoms with Crippen LogP contribution in [0.1, 0.15) is 23.7 Å². The molecule has 146 valence electrons. The molecule has 0 fully saturated rings. The molecule has 0 aromatic heterocycles. The molecular weight excluding hydrogens is 368 g/mol. The van der Waals surface area contributed by atoms with E-state index in [0.29, 0.717) is 28.4 Å². The third kappa shape index (κ3) is 5.77. The molecule has 6 nitrogen and oxygen atoms in total. The predicted octanol–water partition coefficient (Wildman–Crippen LogP) is 4.65. The Balaban J connectivity index is 1.61. The summed E-state index contributed by atoms with van der Waals surface area (Å²) in [6.07, 6.45) is -0.371. The van der Waals surface area contributed by atoms with E-state index in [0.717, 1.165) is 0 Å². The van der Waals surface area contributed by atoms with E-state index < -0.39 is 11.8 Å². The summed E-state index contributed by atoms with van der Waals surface area (Å²) in [5, 5.41) is 5.32. The van der Waals surface area contributed by atoms with E-state index in [1.165, 1.54) is 6.92 Å². The molecule has 3 aromatic carbocycles. The van der Waals surface area contributed by atoms with Crippen molar-refractivity contribution in [2.45, 2.75) is 13.3 Å². The van der Waals surface area contributed by atoms with Gasteiger partial charge in [0.25, 0.3) is 0 Å². The molecule has 29 heavy (non-hydrogen) atoms. The molecule has 3 aromatic rings. The second kappa shape index (κ2) is 9.32. The van der Waals surface area contributed by atoms with Crippen molar-refractivity contribution in [2.24, 2.45) is 0 Å². The standard InChI is InChI=1S/C23H20N2O4/c1-16(26)17-8-7-9-18(14-17)24-22(27)15-23(28)25-20-12-5-6-13-21(20)29-19-10-3-2-4-11-19/h2-14H,15H2,1H3,(H,24,27)(H,25,28). The number of ether oxygens (including phenoxy) is 1. The predicted molar refractivity (Wildman–Crippen MR) is 111 cm³/mol. The van der Waals surface area contributed by atoms with Gasteiger partial charge < -0.3 is 15.4 Å². The lowest BCUT2D eigenvalue weighted by molar-refractivity contribution is -0.123. The highest BCUT2D eigenvalue weighted by molar-refractivity contribution is 6.08. The molecule has 0 aliphatic carbocycles. The minimum Gasteiger partial charge on any atom is -0.455 e. The molecule has 2 N–H and O–H groups in total. The molecule has 3 rings (SSSR count). The Morgan fingerprint density at radius 1 is 0.793 bits per heavy atom. The molecule has 2 amide bonds. The van der Waals surface area contributed by atoms with Crippen LogP contribution in [0.4, 0.5) is 11.4 Å². The quantitative estimate of drug-likeness (QED) is 0.456. The van der Waals surface area contributed by atoms with Crippen molar-refractivity contribution in [1.29, 1.82) is 0 Å². The lowest BCUT2D eigenvalue weighted by atomic mass is 10.1. The van der Waals surface area contributed by atoms with E-state index in [4.69, 9.17) is 4.74 Å². The monoisotopic (exact) mass is 388 g/mol. The van der Waals surface area contributed by atoms with Crippen LogP contribution < -0.4 is 15.4 Å². The average molecular weight is 388 g/mol. The number of hydrogen-bond acceptors (Lipinski definition) is 4. The number of hydrogen-bond donors (Lipinski definition) is 2. The summed E-state index contributed by atoms with van der Waals surface area (Å²) in [5.41, 5.74) is 1.41. The molecule has 0 heterocycles. The molecule has 0 spiro atoms. The Bertz CT molecular complexity index is 1030. The second-order valence-electron chi connectivity index (χ2n) is 6.32.